The normalized spacial score (nSPS) is 14.2. The van der Waals surface area contributed by atoms with Crippen LogP contribution in [0.1, 0.15) is 17.5 Å². The second kappa shape index (κ2) is 7.95. The standard InChI is InChI=1S/C19H23N5O2/c1-14-10-15(2)12-16(11-14)22-17(25)13-18(26)23-6-8-24(9-7-23)19-20-4-3-5-21-19/h3-5,10-12H,6-9,13H2,1-2H3,(H,22,25). The number of anilines is 2. The van der Waals surface area contributed by atoms with Gasteiger partial charge in [-0.25, -0.2) is 9.97 Å². The fraction of sp³-hybridized carbons (Fsp3) is 0.368. The molecule has 0 unspecified atom stereocenters. The highest BCUT2D eigenvalue weighted by atomic mass is 16.2. The van der Waals surface area contributed by atoms with Crippen molar-refractivity contribution in [2.45, 2.75) is 20.3 Å². The van der Waals surface area contributed by atoms with Gasteiger partial charge in [-0.2, -0.15) is 0 Å². The van der Waals surface area contributed by atoms with E-state index in [-0.39, 0.29) is 18.2 Å². The number of nitrogens with zero attached hydrogens (tertiary/aromatic N) is 4. The van der Waals surface area contributed by atoms with E-state index < -0.39 is 0 Å². The molecular weight excluding hydrogens is 330 g/mol. The third kappa shape index (κ3) is 4.56. The number of nitrogens with one attached hydrogen (secondary N) is 1. The predicted octanol–water partition coefficient (Wildman–Crippen LogP) is 1.77. The van der Waals surface area contributed by atoms with Crippen molar-refractivity contribution in [3.63, 3.8) is 0 Å². The average Bonchev–Trinajstić information content (AvgIpc) is 2.61. The van der Waals surface area contributed by atoms with Crippen LogP contribution in [0.2, 0.25) is 0 Å². The molecule has 1 N–H and O–H groups in total. The summed E-state index contributed by atoms with van der Waals surface area (Å²) >= 11 is 0. The quantitative estimate of drug-likeness (QED) is 0.848. The third-order valence-corrected chi connectivity index (χ3v) is 4.28. The van der Waals surface area contributed by atoms with E-state index in [0.29, 0.717) is 32.1 Å². The lowest BCUT2D eigenvalue weighted by molar-refractivity contribution is -0.134. The number of rotatable bonds is 4. The van der Waals surface area contributed by atoms with Crippen molar-refractivity contribution in [2.24, 2.45) is 0 Å². The molecule has 2 heterocycles. The first kappa shape index (κ1) is 17.8. The van der Waals surface area contributed by atoms with Crippen LogP contribution in [-0.2, 0) is 9.59 Å². The molecule has 2 aromatic rings. The number of carbonyl (C=O) groups is 2. The molecule has 0 radical (unpaired) electrons. The lowest BCUT2D eigenvalue weighted by Gasteiger charge is -2.34. The number of hydrogen-bond donors (Lipinski definition) is 1. The molecule has 7 nitrogen and oxygen atoms in total. The molecule has 1 saturated heterocycles. The molecule has 7 heteroatoms. The van der Waals surface area contributed by atoms with Crippen molar-refractivity contribution in [1.29, 1.82) is 0 Å². The molecule has 1 fully saturated rings. The lowest BCUT2D eigenvalue weighted by atomic mass is 10.1. The van der Waals surface area contributed by atoms with Crippen molar-refractivity contribution in [1.82, 2.24) is 14.9 Å². The van der Waals surface area contributed by atoms with E-state index >= 15 is 0 Å². The number of carbonyl (C=O) groups excluding carboxylic acids is 2. The van der Waals surface area contributed by atoms with Crippen molar-refractivity contribution in [3.05, 3.63) is 47.8 Å². The van der Waals surface area contributed by atoms with Gasteiger partial charge in [0.15, 0.2) is 0 Å². The molecule has 3 rings (SSSR count). The first-order chi connectivity index (χ1) is 12.5. The molecule has 1 aromatic carbocycles. The molecule has 26 heavy (non-hydrogen) atoms. The maximum atomic E-state index is 12.4. The van der Waals surface area contributed by atoms with Crippen LogP contribution in [0.25, 0.3) is 0 Å². The van der Waals surface area contributed by atoms with E-state index in [2.05, 4.69) is 15.3 Å². The summed E-state index contributed by atoms with van der Waals surface area (Å²) in [6.45, 7) is 6.40. The smallest absolute Gasteiger partial charge is 0.233 e. The van der Waals surface area contributed by atoms with Crippen molar-refractivity contribution in [3.8, 4) is 0 Å². The van der Waals surface area contributed by atoms with Crippen LogP contribution in [0, 0.1) is 13.8 Å². The molecule has 1 aromatic heterocycles. The van der Waals surface area contributed by atoms with Gasteiger partial charge < -0.3 is 15.1 Å². The molecule has 0 aliphatic carbocycles. The van der Waals surface area contributed by atoms with Gasteiger partial charge in [0.05, 0.1) is 0 Å². The first-order valence-corrected chi connectivity index (χ1v) is 8.69. The van der Waals surface area contributed by atoms with Crippen LogP contribution in [-0.4, -0.2) is 52.9 Å². The van der Waals surface area contributed by atoms with Crippen LogP contribution < -0.4 is 10.2 Å². The number of hydrogen-bond acceptors (Lipinski definition) is 5. The fourth-order valence-corrected chi connectivity index (χ4v) is 3.11. The summed E-state index contributed by atoms with van der Waals surface area (Å²) in [6.07, 6.45) is 3.27. The van der Waals surface area contributed by atoms with Gasteiger partial charge in [-0.15, -0.1) is 0 Å². The molecule has 1 aliphatic heterocycles. The summed E-state index contributed by atoms with van der Waals surface area (Å²) in [7, 11) is 0. The lowest BCUT2D eigenvalue weighted by Crippen LogP contribution is -2.49. The Bertz CT molecular complexity index is 766. The largest absolute Gasteiger partial charge is 0.339 e. The van der Waals surface area contributed by atoms with Gasteiger partial charge in [0.2, 0.25) is 17.8 Å². The Hall–Kier alpha value is -2.96. The zero-order valence-corrected chi connectivity index (χ0v) is 15.1. The van der Waals surface area contributed by atoms with Gasteiger partial charge in [0, 0.05) is 44.3 Å². The van der Waals surface area contributed by atoms with E-state index in [9.17, 15) is 9.59 Å². The summed E-state index contributed by atoms with van der Waals surface area (Å²) in [5.74, 6) is 0.237. The maximum Gasteiger partial charge on any atom is 0.233 e. The Morgan fingerprint density at radius 1 is 1.00 bits per heavy atom. The molecular formula is C19H23N5O2. The van der Waals surface area contributed by atoms with Gasteiger partial charge in [-0.05, 0) is 43.2 Å². The number of aromatic nitrogens is 2. The van der Waals surface area contributed by atoms with Crippen molar-refractivity contribution < 1.29 is 9.59 Å². The number of amides is 2. The predicted molar refractivity (Wildman–Crippen MR) is 100.0 cm³/mol. The molecule has 0 bridgehead atoms. The van der Waals surface area contributed by atoms with Gasteiger partial charge in [0.1, 0.15) is 6.42 Å². The minimum absolute atomic E-state index is 0.144. The van der Waals surface area contributed by atoms with E-state index in [1.807, 2.05) is 36.9 Å². The highest BCUT2D eigenvalue weighted by Gasteiger charge is 2.23. The highest BCUT2D eigenvalue weighted by molar-refractivity contribution is 6.03. The van der Waals surface area contributed by atoms with Gasteiger partial charge in [0.25, 0.3) is 0 Å². The van der Waals surface area contributed by atoms with Crippen LogP contribution in [0.4, 0.5) is 11.6 Å². The number of piperazine rings is 1. The Morgan fingerprint density at radius 2 is 1.62 bits per heavy atom. The topological polar surface area (TPSA) is 78.4 Å². The summed E-state index contributed by atoms with van der Waals surface area (Å²) in [4.78, 5) is 36.8. The Labute approximate surface area is 153 Å². The minimum atomic E-state index is -0.283. The Balaban J connectivity index is 1.50. The summed E-state index contributed by atoms with van der Waals surface area (Å²) in [5.41, 5.74) is 2.88. The van der Waals surface area contributed by atoms with Gasteiger partial charge in [-0.1, -0.05) is 6.07 Å². The molecule has 2 amide bonds. The zero-order valence-electron chi connectivity index (χ0n) is 15.1. The summed E-state index contributed by atoms with van der Waals surface area (Å²) in [5, 5.41) is 2.81. The Kier molecular flexibility index (Phi) is 5.46. The molecule has 1 aliphatic rings. The summed E-state index contributed by atoms with van der Waals surface area (Å²) < 4.78 is 0. The molecule has 136 valence electrons. The molecule has 0 spiro atoms. The summed E-state index contributed by atoms with van der Waals surface area (Å²) in [6, 6.07) is 7.61. The monoisotopic (exact) mass is 353 g/mol. The SMILES string of the molecule is Cc1cc(C)cc(NC(=O)CC(=O)N2CCN(c3ncccn3)CC2)c1. The number of aryl methyl sites for hydroxylation is 2. The number of benzene rings is 1. The van der Waals surface area contributed by atoms with E-state index in [1.54, 1.807) is 23.4 Å². The van der Waals surface area contributed by atoms with E-state index in [4.69, 9.17) is 0 Å². The Morgan fingerprint density at radius 3 is 2.23 bits per heavy atom. The van der Waals surface area contributed by atoms with Crippen LogP contribution >= 0.6 is 0 Å². The first-order valence-electron chi connectivity index (χ1n) is 8.69. The fourth-order valence-electron chi connectivity index (χ4n) is 3.11. The van der Waals surface area contributed by atoms with E-state index in [1.165, 1.54) is 0 Å². The zero-order chi connectivity index (χ0) is 18.5. The van der Waals surface area contributed by atoms with Crippen LogP contribution in [0.15, 0.2) is 36.7 Å². The van der Waals surface area contributed by atoms with Crippen molar-refractivity contribution in [2.75, 3.05) is 36.4 Å². The highest BCUT2D eigenvalue weighted by Crippen LogP contribution is 2.15. The second-order valence-electron chi connectivity index (χ2n) is 6.52. The molecule has 0 saturated carbocycles. The van der Waals surface area contributed by atoms with E-state index in [0.717, 1.165) is 16.8 Å². The maximum absolute atomic E-state index is 12.4. The molecule has 0 atom stereocenters. The third-order valence-electron chi connectivity index (χ3n) is 4.28. The van der Waals surface area contributed by atoms with Crippen LogP contribution in [0.5, 0.6) is 0 Å². The minimum Gasteiger partial charge on any atom is -0.339 e. The second-order valence-corrected chi connectivity index (χ2v) is 6.52. The van der Waals surface area contributed by atoms with Gasteiger partial charge >= 0.3 is 0 Å². The van der Waals surface area contributed by atoms with Gasteiger partial charge in [-0.3, -0.25) is 9.59 Å². The van der Waals surface area contributed by atoms with Crippen molar-refractivity contribution >= 4 is 23.5 Å². The van der Waals surface area contributed by atoms with Crippen LogP contribution in [0.3, 0.4) is 0 Å². The average molecular weight is 353 g/mol.